The van der Waals surface area contributed by atoms with Crippen molar-refractivity contribution in [2.24, 2.45) is 0 Å². The highest BCUT2D eigenvalue weighted by Crippen LogP contribution is 2.28. The van der Waals surface area contributed by atoms with Crippen LogP contribution in [-0.2, 0) is 10.0 Å². The van der Waals surface area contributed by atoms with Crippen molar-refractivity contribution >= 4 is 38.6 Å². The highest BCUT2D eigenvalue weighted by Gasteiger charge is 2.21. The van der Waals surface area contributed by atoms with Crippen molar-refractivity contribution < 1.29 is 12.8 Å². The van der Waals surface area contributed by atoms with Crippen LogP contribution in [0, 0.1) is 19.7 Å². The van der Waals surface area contributed by atoms with Crippen LogP contribution >= 0.6 is 22.9 Å². The molecule has 2 rings (SSSR count). The molecule has 0 fully saturated rings. The van der Waals surface area contributed by atoms with Crippen molar-refractivity contribution in [2.75, 3.05) is 4.72 Å². The number of rotatable bonds is 3. The lowest BCUT2D eigenvalue weighted by molar-refractivity contribution is 0.602. The van der Waals surface area contributed by atoms with Gasteiger partial charge in [-0.25, -0.2) is 17.8 Å². The van der Waals surface area contributed by atoms with Gasteiger partial charge in [-0.2, -0.15) is 0 Å². The van der Waals surface area contributed by atoms with Gasteiger partial charge in [0.25, 0.3) is 10.0 Å². The zero-order valence-corrected chi connectivity index (χ0v) is 12.5. The van der Waals surface area contributed by atoms with Gasteiger partial charge in [0.15, 0.2) is 8.68 Å². The molecule has 19 heavy (non-hydrogen) atoms. The third-order valence-electron chi connectivity index (χ3n) is 2.27. The monoisotopic (exact) mass is 320 g/mol. The number of halogens is 2. The minimum absolute atomic E-state index is 0.0272. The lowest BCUT2D eigenvalue weighted by Gasteiger charge is -2.07. The van der Waals surface area contributed by atoms with E-state index in [2.05, 4.69) is 9.71 Å². The Morgan fingerprint density at radius 2 is 2.00 bits per heavy atom. The van der Waals surface area contributed by atoms with Gasteiger partial charge >= 0.3 is 0 Å². The molecule has 0 saturated carbocycles. The summed E-state index contributed by atoms with van der Waals surface area (Å²) in [7, 11) is -3.80. The lowest BCUT2D eigenvalue weighted by Crippen LogP contribution is -2.13. The molecule has 1 aromatic heterocycles. The Labute approximate surface area is 119 Å². The number of aryl methyl sites for hydroxylation is 2. The van der Waals surface area contributed by atoms with Crippen LogP contribution in [0.4, 0.5) is 10.1 Å². The first kappa shape index (κ1) is 14.2. The number of sulfonamides is 1. The van der Waals surface area contributed by atoms with Crippen molar-refractivity contribution in [3.05, 3.63) is 39.7 Å². The smallest absolute Gasteiger partial charge is 0.273 e. The minimum atomic E-state index is -3.80. The second-order valence-corrected chi connectivity index (χ2v) is 7.42. The summed E-state index contributed by atoms with van der Waals surface area (Å²) in [6.45, 7) is 3.23. The summed E-state index contributed by atoms with van der Waals surface area (Å²) in [5, 5.41) is 0. The van der Waals surface area contributed by atoms with E-state index < -0.39 is 15.8 Å². The number of anilines is 1. The molecule has 1 heterocycles. The van der Waals surface area contributed by atoms with Crippen LogP contribution in [0.5, 0.6) is 0 Å². The second kappa shape index (κ2) is 5.07. The van der Waals surface area contributed by atoms with E-state index in [0.29, 0.717) is 11.3 Å². The van der Waals surface area contributed by atoms with Gasteiger partial charge in [-0.05, 0) is 37.6 Å². The molecular formula is C11H10ClFN2O2S2. The molecule has 0 radical (unpaired) electrons. The largest absolute Gasteiger partial charge is 0.279 e. The molecule has 0 spiro atoms. The lowest BCUT2D eigenvalue weighted by atomic mass is 10.2. The normalized spacial score (nSPS) is 11.6. The van der Waals surface area contributed by atoms with Gasteiger partial charge in [0.1, 0.15) is 5.82 Å². The maximum absolute atomic E-state index is 13.2. The maximum Gasteiger partial charge on any atom is 0.273 e. The van der Waals surface area contributed by atoms with Gasteiger partial charge in [-0.1, -0.05) is 22.9 Å². The van der Waals surface area contributed by atoms with Gasteiger partial charge in [-0.3, -0.25) is 4.72 Å². The SMILES string of the molecule is Cc1cc(F)cc(NS(=O)(=O)c2sc(Cl)nc2C)c1. The van der Waals surface area contributed by atoms with E-state index in [9.17, 15) is 12.8 Å². The summed E-state index contributed by atoms with van der Waals surface area (Å²) < 4.78 is 40.0. The van der Waals surface area contributed by atoms with Crippen LogP contribution in [0.1, 0.15) is 11.3 Å². The van der Waals surface area contributed by atoms with E-state index in [1.54, 1.807) is 19.9 Å². The third-order valence-corrected chi connectivity index (χ3v) is 5.52. The van der Waals surface area contributed by atoms with Gasteiger partial charge in [-0.15, -0.1) is 0 Å². The summed E-state index contributed by atoms with van der Waals surface area (Å²) in [4.78, 5) is 3.84. The van der Waals surface area contributed by atoms with Gasteiger partial charge in [0, 0.05) is 0 Å². The van der Waals surface area contributed by atoms with Crippen molar-refractivity contribution in [1.82, 2.24) is 4.98 Å². The van der Waals surface area contributed by atoms with E-state index in [4.69, 9.17) is 11.6 Å². The first-order valence-corrected chi connectivity index (χ1v) is 7.88. The molecule has 0 saturated heterocycles. The van der Waals surface area contributed by atoms with Crippen molar-refractivity contribution in [3.8, 4) is 0 Å². The molecule has 0 unspecified atom stereocenters. The number of thiazole rings is 1. The molecule has 0 bridgehead atoms. The first-order chi connectivity index (χ1) is 8.78. The molecule has 2 aromatic rings. The molecule has 0 atom stereocenters. The van der Waals surface area contributed by atoms with Crippen LogP contribution in [0.2, 0.25) is 4.47 Å². The predicted molar refractivity (Wildman–Crippen MR) is 73.8 cm³/mol. The van der Waals surface area contributed by atoms with Gasteiger partial charge < -0.3 is 0 Å². The number of hydrogen-bond acceptors (Lipinski definition) is 4. The summed E-state index contributed by atoms with van der Waals surface area (Å²) in [5.74, 6) is -0.503. The van der Waals surface area contributed by atoms with Gasteiger partial charge in [0.2, 0.25) is 0 Å². The van der Waals surface area contributed by atoms with E-state index in [0.717, 1.165) is 17.4 Å². The van der Waals surface area contributed by atoms with E-state index in [1.807, 2.05) is 0 Å². The predicted octanol–water partition coefficient (Wildman–Crippen LogP) is 3.35. The molecule has 1 N–H and O–H groups in total. The standard InChI is InChI=1S/C11H10ClFN2O2S2/c1-6-3-8(13)5-9(4-6)15-19(16,17)10-7(2)14-11(12)18-10/h3-5,15H,1-2H3. The maximum atomic E-state index is 13.2. The van der Waals surface area contributed by atoms with E-state index in [-0.39, 0.29) is 14.4 Å². The van der Waals surface area contributed by atoms with Crippen molar-refractivity contribution in [1.29, 1.82) is 0 Å². The number of benzene rings is 1. The molecule has 102 valence electrons. The molecule has 0 aliphatic carbocycles. The van der Waals surface area contributed by atoms with Crippen molar-refractivity contribution in [2.45, 2.75) is 18.1 Å². The summed E-state index contributed by atoms with van der Waals surface area (Å²) in [6, 6.07) is 3.97. The van der Waals surface area contributed by atoms with Crippen LogP contribution in [0.25, 0.3) is 0 Å². The number of nitrogens with zero attached hydrogens (tertiary/aromatic N) is 1. The van der Waals surface area contributed by atoms with Crippen LogP contribution in [0.3, 0.4) is 0 Å². The Morgan fingerprint density at radius 3 is 2.53 bits per heavy atom. The Hall–Kier alpha value is -1.18. The summed E-state index contributed by atoms with van der Waals surface area (Å²) >= 11 is 6.54. The fraction of sp³-hybridized carbons (Fsp3) is 0.182. The zero-order chi connectivity index (χ0) is 14.2. The number of nitrogens with one attached hydrogen (secondary N) is 1. The Morgan fingerprint density at radius 1 is 1.32 bits per heavy atom. The summed E-state index contributed by atoms with van der Waals surface area (Å²) in [6.07, 6.45) is 0. The van der Waals surface area contributed by atoms with Crippen LogP contribution in [0.15, 0.2) is 22.4 Å². The molecule has 0 aliphatic heterocycles. The van der Waals surface area contributed by atoms with Crippen LogP contribution < -0.4 is 4.72 Å². The Kier molecular flexibility index (Phi) is 3.80. The zero-order valence-electron chi connectivity index (χ0n) is 10.1. The Balaban J connectivity index is 2.39. The first-order valence-electron chi connectivity index (χ1n) is 5.21. The molecule has 8 heteroatoms. The minimum Gasteiger partial charge on any atom is -0.279 e. The fourth-order valence-corrected chi connectivity index (χ4v) is 4.38. The molecule has 0 amide bonds. The van der Waals surface area contributed by atoms with E-state index >= 15 is 0 Å². The molecule has 1 aromatic carbocycles. The fourth-order valence-electron chi connectivity index (χ4n) is 1.60. The average Bonchev–Trinajstić information content (AvgIpc) is 2.56. The highest BCUT2D eigenvalue weighted by molar-refractivity contribution is 7.94. The number of aromatic nitrogens is 1. The van der Waals surface area contributed by atoms with E-state index in [1.165, 1.54) is 6.07 Å². The Bertz CT molecular complexity index is 708. The molecule has 4 nitrogen and oxygen atoms in total. The average molecular weight is 321 g/mol. The highest BCUT2D eigenvalue weighted by atomic mass is 35.5. The quantitative estimate of drug-likeness (QED) is 0.943. The van der Waals surface area contributed by atoms with Crippen LogP contribution in [-0.4, -0.2) is 13.4 Å². The third kappa shape index (κ3) is 3.23. The molecule has 0 aliphatic rings. The number of hydrogen-bond donors (Lipinski definition) is 1. The topological polar surface area (TPSA) is 59.1 Å². The van der Waals surface area contributed by atoms with Gasteiger partial charge in [0.05, 0.1) is 11.4 Å². The van der Waals surface area contributed by atoms with Crippen molar-refractivity contribution in [3.63, 3.8) is 0 Å². The second-order valence-electron chi connectivity index (χ2n) is 3.96. The summed E-state index contributed by atoms with van der Waals surface area (Å²) in [5.41, 5.74) is 1.11. The molecular weight excluding hydrogens is 311 g/mol.